The zero-order chi connectivity index (χ0) is 26.0. The SMILES string of the molecule is O=C(C=Cc1ccc(C(F)(F)F)nc1N1CCCCC1)N1CCC2(C=C(c3cccc(F)c3)NO2)CC1. The van der Waals surface area contributed by atoms with Gasteiger partial charge < -0.3 is 9.80 Å². The van der Waals surface area contributed by atoms with E-state index in [0.717, 1.165) is 25.3 Å². The molecule has 1 amide bonds. The number of pyridine rings is 1. The van der Waals surface area contributed by atoms with Crippen molar-refractivity contribution in [3.05, 3.63) is 71.2 Å². The van der Waals surface area contributed by atoms with Crippen LogP contribution in [0.3, 0.4) is 0 Å². The molecule has 5 rings (SSSR count). The zero-order valence-corrected chi connectivity index (χ0v) is 20.2. The molecule has 2 aromatic rings. The second kappa shape index (κ2) is 10.2. The highest BCUT2D eigenvalue weighted by molar-refractivity contribution is 5.92. The summed E-state index contributed by atoms with van der Waals surface area (Å²) >= 11 is 0. The van der Waals surface area contributed by atoms with Gasteiger partial charge in [-0.2, -0.15) is 13.2 Å². The first-order valence-corrected chi connectivity index (χ1v) is 12.5. The molecule has 3 aliphatic rings. The van der Waals surface area contributed by atoms with E-state index in [1.807, 2.05) is 11.0 Å². The van der Waals surface area contributed by atoms with Crippen LogP contribution in [0.4, 0.5) is 23.4 Å². The predicted molar refractivity (Wildman–Crippen MR) is 131 cm³/mol. The van der Waals surface area contributed by atoms with E-state index in [0.29, 0.717) is 55.8 Å². The molecule has 1 aromatic carbocycles. The van der Waals surface area contributed by atoms with Gasteiger partial charge in [0.05, 0.1) is 5.70 Å². The summed E-state index contributed by atoms with van der Waals surface area (Å²) in [4.78, 5) is 26.2. The number of hydrogen-bond donors (Lipinski definition) is 1. The van der Waals surface area contributed by atoms with E-state index in [2.05, 4.69) is 10.5 Å². The van der Waals surface area contributed by atoms with Crippen LogP contribution in [-0.2, 0) is 15.8 Å². The summed E-state index contributed by atoms with van der Waals surface area (Å²) in [6, 6.07) is 8.57. The second-order valence-electron chi connectivity index (χ2n) is 9.65. The van der Waals surface area contributed by atoms with Gasteiger partial charge in [-0.05, 0) is 55.7 Å². The number of halogens is 4. The molecule has 0 saturated carbocycles. The fraction of sp³-hybridized carbons (Fsp3) is 0.407. The molecule has 2 fully saturated rings. The Morgan fingerprint density at radius 3 is 2.51 bits per heavy atom. The fourth-order valence-electron chi connectivity index (χ4n) is 5.00. The van der Waals surface area contributed by atoms with Crippen LogP contribution < -0.4 is 10.4 Å². The number of benzene rings is 1. The number of nitrogens with zero attached hydrogens (tertiary/aromatic N) is 3. The van der Waals surface area contributed by atoms with Gasteiger partial charge >= 0.3 is 6.18 Å². The van der Waals surface area contributed by atoms with Gasteiger partial charge in [0, 0.05) is 56.2 Å². The maximum Gasteiger partial charge on any atom is 0.433 e. The third-order valence-electron chi connectivity index (χ3n) is 7.09. The van der Waals surface area contributed by atoms with Crippen LogP contribution in [0.15, 0.2) is 48.6 Å². The summed E-state index contributed by atoms with van der Waals surface area (Å²) < 4.78 is 53.5. The van der Waals surface area contributed by atoms with E-state index in [1.165, 1.54) is 24.3 Å². The van der Waals surface area contributed by atoms with Crippen LogP contribution in [0, 0.1) is 5.82 Å². The number of nitrogens with one attached hydrogen (secondary N) is 1. The first-order valence-electron chi connectivity index (χ1n) is 12.5. The number of carbonyl (C=O) groups excluding carboxylic acids is 1. The highest BCUT2D eigenvalue weighted by Gasteiger charge is 2.39. The molecule has 1 aromatic heterocycles. The highest BCUT2D eigenvalue weighted by Crippen LogP contribution is 2.35. The lowest BCUT2D eigenvalue weighted by molar-refractivity contribution is -0.141. The van der Waals surface area contributed by atoms with Crippen molar-refractivity contribution >= 4 is 23.5 Å². The molecular formula is C27H28F4N4O2. The minimum absolute atomic E-state index is 0.223. The Balaban J connectivity index is 1.26. The molecule has 37 heavy (non-hydrogen) atoms. The maximum absolute atomic E-state index is 13.6. The summed E-state index contributed by atoms with van der Waals surface area (Å²) in [5.41, 5.74) is 3.24. The van der Waals surface area contributed by atoms with Gasteiger partial charge in [-0.15, -0.1) is 0 Å². The number of alkyl halides is 3. The number of likely N-dealkylation sites (tertiary alicyclic amines) is 1. The van der Waals surface area contributed by atoms with Gasteiger partial charge in [-0.25, -0.2) is 9.37 Å². The molecular weight excluding hydrogens is 488 g/mol. The molecule has 0 atom stereocenters. The van der Waals surface area contributed by atoms with Crippen molar-refractivity contribution in [3.63, 3.8) is 0 Å². The molecule has 1 N–H and O–H groups in total. The Morgan fingerprint density at radius 2 is 1.81 bits per heavy atom. The minimum atomic E-state index is -4.54. The van der Waals surface area contributed by atoms with Gasteiger partial charge in [0.1, 0.15) is 22.9 Å². The fourth-order valence-corrected chi connectivity index (χ4v) is 5.00. The molecule has 0 radical (unpaired) electrons. The molecule has 0 bridgehead atoms. The lowest BCUT2D eigenvalue weighted by atomic mass is 9.90. The number of aromatic nitrogens is 1. The van der Waals surface area contributed by atoms with Crippen molar-refractivity contribution in [1.82, 2.24) is 15.4 Å². The summed E-state index contributed by atoms with van der Waals surface area (Å²) in [7, 11) is 0. The van der Waals surface area contributed by atoms with E-state index in [4.69, 9.17) is 4.84 Å². The molecule has 10 heteroatoms. The molecule has 6 nitrogen and oxygen atoms in total. The smallest absolute Gasteiger partial charge is 0.356 e. The third kappa shape index (κ3) is 5.64. The summed E-state index contributed by atoms with van der Waals surface area (Å²) in [5, 5.41) is 0. The van der Waals surface area contributed by atoms with Crippen LogP contribution in [0.2, 0.25) is 0 Å². The Hall–Kier alpha value is -3.40. The number of anilines is 1. The van der Waals surface area contributed by atoms with Crippen molar-refractivity contribution < 1.29 is 27.2 Å². The van der Waals surface area contributed by atoms with Crippen molar-refractivity contribution in [2.45, 2.75) is 43.9 Å². The predicted octanol–water partition coefficient (Wildman–Crippen LogP) is 5.18. The molecule has 196 valence electrons. The van der Waals surface area contributed by atoms with Crippen LogP contribution >= 0.6 is 0 Å². The largest absolute Gasteiger partial charge is 0.433 e. The molecule has 2 saturated heterocycles. The summed E-state index contributed by atoms with van der Waals surface area (Å²) in [6.07, 6.45) is 4.29. The first-order chi connectivity index (χ1) is 17.7. The van der Waals surface area contributed by atoms with Crippen molar-refractivity contribution in [3.8, 4) is 0 Å². The Morgan fingerprint density at radius 1 is 1.05 bits per heavy atom. The average molecular weight is 517 g/mol. The number of amides is 1. The van der Waals surface area contributed by atoms with Crippen molar-refractivity contribution in [2.24, 2.45) is 0 Å². The number of rotatable bonds is 4. The minimum Gasteiger partial charge on any atom is -0.356 e. The van der Waals surface area contributed by atoms with E-state index < -0.39 is 17.5 Å². The van der Waals surface area contributed by atoms with E-state index in [-0.39, 0.29) is 17.5 Å². The molecule has 1 spiro atoms. The zero-order valence-electron chi connectivity index (χ0n) is 20.2. The number of hydrogen-bond acceptors (Lipinski definition) is 5. The summed E-state index contributed by atoms with van der Waals surface area (Å²) in [5.74, 6) is -0.295. The van der Waals surface area contributed by atoms with E-state index >= 15 is 0 Å². The lowest BCUT2D eigenvalue weighted by Gasteiger charge is -2.36. The number of piperidine rings is 2. The maximum atomic E-state index is 13.6. The molecule has 4 heterocycles. The van der Waals surface area contributed by atoms with Crippen molar-refractivity contribution in [1.29, 1.82) is 0 Å². The summed E-state index contributed by atoms with van der Waals surface area (Å²) in [6.45, 7) is 2.16. The standard InChI is InChI=1S/C27H28F4N4O2/c28-21-6-4-5-20(17-21)22-18-26(37-33-22)11-15-34(16-12-26)24(36)10-8-19-7-9-23(27(29,30)31)32-25(19)35-13-2-1-3-14-35/h4-10,17-18,33H,1-3,11-16H2. The topological polar surface area (TPSA) is 57.7 Å². The monoisotopic (exact) mass is 516 g/mol. The van der Waals surface area contributed by atoms with E-state index in [9.17, 15) is 22.4 Å². The Kier molecular flexibility index (Phi) is 6.94. The molecule has 0 unspecified atom stereocenters. The number of carbonyl (C=O) groups is 1. The van der Waals surface area contributed by atoms with E-state index in [1.54, 1.807) is 23.1 Å². The van der Waals surface area contributed by atoms with Crippen LogP contribution in [0.5, 0.6) is 0 Å². The molecule has 0 aliphatic carbocycles. The number of hydroxylamine groups is 1. The first kappa shape index (κ1) is 25.3. The van der Waals surface area contributed by atoms with Gasteiger partial charge in [0.2, 0.25) is 5.91 Å². The van der Waals surface area contributed by atoms with Crippen molar-refractivity contribution in [2.75, 3.05) is 31.1 Å². The van der Waals surface area contributed by atoms with Gasteiger partial charge in [-0.3, -0.25) is 15.1 Å². The molecule has 3 aliphatic heterocycles. The second-order valence-corrected chi connectivity index (χ2v) is 9.65. The Labute approximate surface area is 212 Å². The van der Waals surface area contributed by atoms with Crippen LogP contribution in [0.25, 0.3) is 11.8 Å². The van der Waals surface area contributed by atoms with Crippen LogP contribution in [-0.4, -0.2) is 47.6 Å². The Bertz CT molecular complexity index is 1210. The van der Waals surface area contributed by atoms with Gasteiger partial charge in [0.25, 0.3) is 0 Å². The quantitative estimate of drug-likeness (QED) is 0.448. The normalized spacial score (nSPS) is 19.8. The van der Waals surface area contributed by atoms with Crippen LogP contribution in [0.1, 0.15) is 48.9 Å². The van der Waals surface area contributed by atoms with Gasteiger partial charge in [-0.1, -0.05) is 12.1 Å². The highest BCUT2D eigenvalue weighted by atomic mass is 19.4. The third-order valence-corrected chi connectivity index (χ3v) is 7.09. The lowest BCUT2D eigenvalue weighted by Crippen LogP contribution is -2.46. The van der Waals surface area contributed by atoms with Gasteiger partial charge in [0.15, 0.2) is 0 Å². The average Bonchev–Trinajstić information content (AvgIpc) is 3.31.